The summed E-state index contributed by atoms with van der Waals surface area (Å²) in [5, 5.41) is 3.26. The predicted molar refractivity (Wildman–Crippen MR) is 78.1 cm³/mol. The molecule has 3 aliphatic rings. The van der Waals surface area contributed by atoms with E-state index in [1.807, 2.05) is 0 Å². The van der Waals surface area contributed by atoms with E-state index < -0.39 is 0 Å². The van der Waals surface area contributed by atoms with Gasteiger partial charge < -0.3 is 15.8 Å². The first-order valence-electron chi connectivity index (χ1n) is 8.31. The molecule has 0 aromatic carbocycles. The van der Waals surface area contributed by atoms with Crippen LogP contribution in [-0.4, -0.2) is 30.7 Å². The van der Waals surface area contributed by atoms with Crippen molar-refractivity contribution in [3.8, 4) is 0 Å². The number of rotatable bonds is 2. The highest BCUT2D eigenvalue weighted by Crippen LogP contribution is 2.41. The fourth-order valence-corrected chi connectivity index (χ4v) is 4.45. The summed E-state index contributed by atoms with van der Waals surface area (Å²) >= 11 is 0. The lowest BCUT2D eigenvalue weighted by Gasteiger charge is -2.44. The Kier molecular flexibility index (Phi) is 4.32. The van der Waals surface area contributed by atoms with Crippen molar-refractivity contribution in [2.24, 2.45) is 23.5 Å². The molecule has 2 aliphatic carbocycles. The third kappa shape index (κ3) is 3.01. The Hall–Kier alpha value is -0.610. The van der Waals surface area contributed by atoms with Crippen molar-refractivity contribution in [1.29, 1.82) is 0 Å². The van der Waals surface area contributed by atoms with Gasteiger partial charge in [0, 0.05) is 24.6 Å². The van der Waals surface area contributed by atoms with Gasteiger partial charge in [-0.2, -0.15) is 0 Å². The van der Waals surface area contributed by atoms with E-state index in [0.29, 0.717) is 23.9 Å². The Morgan fingerprint density at radius 2 is 1.85 bits per heavy atom. The van der Waals surface area contributed by atoms with Gasteiger partial charge in [-0.15, -0.1) is 0 Å². The number of fused-ring (bicyclic) bond motifs is 2. The van der Waals surface area contributed by atoms with E-state index in [0.717, 1.165) is 32.3 Å². The van der Waals surface area contributed by atoms with E-state index in [9.17, 15) is 4.79 Å². The Balaban J connectivity index is 1.55. The predicted octanol–water partition coefficient (Wildman–Crippen LogP) is 1.82. The lowest BCUT2D eigenvalue weighted by molar-refractivity contribution is -0.129. The van der Waals surface area contributed by atoms with Crippen LogP contribution in [0.5, 0.6) is 0 Å². The second kappa shape index (κ2) is 6.02. The van der Waals surface area contributed by atoms with Gasteiger partial charge in [0.15, 0.2) is 0 Å². The highest BCUT2D eigenvalue weighted by Gasteiger charge is 2.40. The van der Waals surface area contributed by atoms with Crippen LogP contribution in [0, 0.1) is 17.8 Å². The van der Waals surface area contributed by atoms with E-state index in [-0.39, 0.29) is 17.9 Å². The molecule has 0 aromatic heterocycles. The summed E-state index contributed by atoms with van der Waals surface area (Å²) in [6.45, 7) is 2.86. The van der Waals surface area contributed by atoms with Gasteiger partial charge in [0.25, 0.3) is 0 Å². The fourth-order valence-electron chi connectivity index (χ4n) is 4.45. The van der Waals surface area contributed by atoms with Crippen molar-refractivity contribution >= 4 is 5.91 Å². The molecule has 1 aliphatic heterocycles. The van der Waals surface area contributed by atoms with Gasteiger partial charge in [0.05, 0.1) is 6.10 Å². The van der Waals surface area contributed by atoms with Crippen LogP contribution in [0.2, 0.25) is 0 Å². The van der Waals surface area contributed by atoms with Crippen LogP contribution in [0.1, 0.15) is 51.9 Å². The highest BCUT2D eigenvalue weighted by atomic mass is 16.5. The molecular weight excluding hydrogens is 252 g/mol. The van der Waals surface area contributed by atoms with Gasteiger partial charge in [-0.05, 0) is 57.3 Å². The molecule has 3 fully saturated rings. The zero-order chi connectivity index (χ0) is 14.1. The van der Waals surface area contributed by atoms with Crippen LogP contribution in [0.4, 0.5) is 0 Å². The molecule has 0 radical (unpaired) electrons. The number of carbonyl (C=O) groups excluding carboxylic acids is 1. The number of nitrogens with two attached hydrogens (primary N) is 1. The van der Waals surface area contributed by atoms with E-state index in [4.69, 9.17) is 10.5 Å². The minimum Gasteiger partial charge on any atom is -0.378 e. The molecule has 2 bridgehead atoms. The summed E-state index contributed by atoms with van der Waals surface area (Å²) < 4.78 is 5.54. The zero-order valence-electron chi connectivity index (χ0n) is 12.5. The van der Waals surface area contributed by atoms with E-state index in [1.165, 1.54) is 19.3 Å². The Labute approximate surface area is 121 Å². The average Bonchev–Trinajstić information content (AvgIpc) is 2.38. The number of carbonyl (C=O) groups is 1. The van der Waals surface area contributed by atoms with Crippen molar-refractivity contribution in [2.45, 2.75) is 70.1 Å². The van der Waals surface area contributed by atoms with Gasteiger partial charge in [-0.1, -0.05) is 6.42 Å². The van der Waals surface area contributed by atoms with Crippen molar-refractivity contribution in [2.75, 3.05) is 6.61 Å². The Morgan fingerprint density at radius 1 is 1.15 bits per heavy atom. The molecule has 1 heterocycles. The summed E-state index contributed by atoms with van der Waals surface area (Å²) in [6.07, 6.45) is 7.92. The molecule has 4 unspecified atom stereocenters. The molecule has 4 heteroatoms. The SMILES string of the molecule is CC1CC(NC(=O)C2CC3CCCC(C2)C3N)CCO1. The number of ether oxygens (including phenoxy) is 1. The molecule has 0 aromatic rings. The molecule has 3 rings (SSSR count). The third-order valence-electron chi connectivity index (χ3n) is 5.62. The minimum atomic E-state index is 0.197. The summed E-state index contributed by atoms with van der Waals surface area (Å²) in [4.78, 5) is 12.5. The maximum atomic E-state index is 12.5. The second-order valence-electron chi connectivity index (χ2n) is 7.11. The average molecular weight is 280 g/mol. The van der Waals surface area contributed by atoms with Crippen molar-refractivity contribution in [1.82, 2.24) is 5.32 Å². The quantitative estimate of drug-likeness (QED) is 0.811. The summed E-state index contributed by atoms with van der Waals surface area (Å²) in [7, 11) is 0. The summed E-state index contributed by atoms with van der Waals surface area (Å²) in [5.74, 6) is 1.62. The molecular formula is C16H28N2O2. The summed E-state index contributed by atoms with van der Waals surface area (Å²) in [5.41, 5.74) is 6.30. The second-order valence-corrected chi connectivity index (χ2v) is 7.11. The van der Waals surface area contributed by atoms with Gasteiger partial charge in [0.2, 0.25) is 5.91 Å². The lowest BCUT2D eigenvalue weighted by Crippen LogP contribution is -2.51. The molecule has 3 N–H and O–H groups in total. The van der Waals surface area contributed by atoms with Crippen molar-refractivity contribution in [3.63, 3.8) is 0 Å². The lowest BCUT2D eigenvalue weighted by atomic mass is 9.65. The molecule has 2 saturated carbocycles. The number of amides is 1. The Morgan fingerprint density at radius 3 is 2.50 bits per heavy atom. The standard InChI is InChI=1S/C16H28N2O2/c1-10-7-14(5-6-20-10)18-16(19)13-8-11-3-2-4-12(9-13)15(11)17/h10-15H,2-9,17H2,1H3,(H,18,19). The van der Waals surface area contributed by atoms with E-state index in [2.05, 4.69) is 12.2 Å². The van der Waals surface area contributed by atoms with Crippen LogP contribution in [-0.2, 0) is 9.53 Å². The first-order chi connectivity index (χ1) is 9.63. The number of hydrogen-bond acceptors (Lipinski definition) is 3. The van der Waals surface area contributed by atoms with Crippen LogP contribution in [0.25, 0.3) is 0 Å². The van der Waals surface area contributed by atoms with Crippen LogP contribution in [0.3, 0.4) is 0 Å². The largest absolute Gasteiger partial charge is 0.378 e. The number of hydrogen-bond donors (Lipinski definition) is 2. The zero-order valence-corrected chi connectivity index (χ0v) is 12.5. The number of nitrogens with one attached hydrogen (secondary N) is 1. The first-order valence-corrected chi connectivity index (χ1v) is 8.31. The van der Waals surface area contributed by atoms with Gasteiger partial charge in [-0.25, -0.2) is 0 Å². The topological polar surface area (TPSA) is 64.4 Å². The molecule has 1 saturated heterocycles. The van der Waals surface area contributed by atoms with Gasteiger partial charge >= 0.3 is 0 Å². The molecule has 20 heavy (non-hydrogen) atoms. The Bertz CT molecular complexity index is 346. The molecule has 1 amide bonds. The first kappa shape index (κ1) is 14.3. The fraction of sp³-hybridized carbons (Fsp3) is 0.938. The van der Waals surface area contributed by atoms with Crippen molar-refractivity contribution < 1.29 is 9.53 Å². The smallest absolute Gasteiger partial charge is 0.223 e. The molecule has 114 valence electrons. The maximum Gasteiger partial charge on any atom is 0.223 e. The maximum absolute atomic E-state index is 12.5. The normalized spacial score (nSPS) is 44.9. The van der Waals surface area contributed by atoms with Crippen LogP contribution >= 0.6 is 0 Å². The van der Waals surface area contributed by atoms with E-state index in [1.54, 1.807) is 0 Å². The van der Waals surface area contributed by atoms with Crippen LogP contribution in [0.15, 0.2) is 0 Å². The minimum absolute atomic E-state index is 0.197. The third-order valence-corrected chi connectivity index (χ3v) is 5.62. The highest BCUT2D eigenvalue weighted by molar-refractivity contribution is 5.79. The van der Waals surface area contributed by atoms with Gasteiger partial charge in [0.1, 0.15) is 0 Å². The molecule has 0 spiro atoms. The molecule has 4 atom stereocenters. The molecule has 4 nitrogen and oxygen atoms in total. The van der Waals surface area contributed by atoms with Crippen LogP contribution < -0.4 is 11.1 Å². The summed E-state index contributed by atoms with van der Waals surface area (Å²) in [6, 6.07) is 0.651. The van der Waals surface area contributed by atoms with E-state index >= 15 is 0 Å². The van der Waals surface area contributed by atoms with Crippen molar-refractivity contribution in [3.05, 3.63) is 0 Å². The monoisotopic (exact) mass is 280 g/mol. The van der Waals surface area contributed by atoms with Gasteiger partial charge in [-0.3, -0.25) is 4.79 Å².